The summed E-state index contributed by atoms with van der Waals surface area (Å²) in [5.74, 6) is 1.04. The van der Waals surface area contributed by atoms with E-state index in [-0.39, 0.29) is 11.3 Å². The smallest absolute Gasteiger partial charge is 0.157 e. The van der Waals surface area contributed by atoms with Crippen LogP contribution in [0, 0.1) is 6.92 Å². The van der Waals surface area contributed by atoms with Crippen LogP contribution in [-0.4, -0.2) is 5.60 Å². The van der Waals surface area contributed by atoms with Crippen LogP contribution in [0.5, 0.6) is 5.75 Å². The molecule has 2 heteroatoms. The summed E-state index contributed by atoms with van der Waals surface area (Å²) in [5.41, 5.74) is 15.0. The first-order chi connectivity index (χ1) is 23.2. The highest BCUT2D eigenvalue weighted by Gasteiger charge is 2.50. The van der Waals surface area contributed by atoms with Crippen molar-refractivity contribution in [2.24, 2.45) is 0 Å². The Morgan fingerprint density at radius 3 is 2.50 bits per heavy atom. The van der Waals surface area contributed by atoms with Crippen LogP contribution in [0.15, 0.2) is 152 Å². The van der Waals surface area contributed by atoms with Crippen molar-refractivity contribution < 1.29 is 4.74 Å². The van der Waals surface area contributed by atoms with E-state index in [1.807, 2.05) is 12.2 Å². The van der Waals surface area contributed by atoms with Crippen molar-refractivity contribution in [3.8, 4) is 16.9 Å². The van der Waals surface area contributed by atoms with Crippen LogP contribution in [0.1, 0.15) is 66.5 Å². The molecule has 0 saturated heterocycles. The zero-order valence-corrected chi connectivity index (χ0v) is 28.3. The highest BCUT2D eigenvalue weighted by Crippen LogP contribution is 2.55. The van der Waals surface area contributed by atoms with Gasteiger partial charge in [0.05, 0.1) is 11.6 Å². The van der Waals surface area contributed by atoms with E-state index >= 15 is 0 Å². The highest BCUT2D eigenvalue weighted by atomic mass is 16.5. The third-order valence-corrected chi connectivity index (χ3v) is 10.8. The molecule has 0 radical (unpaired) electrons. The summed E-state index contributed by atoms with van der Waals surface area (Å²) in [6, 6.07) is 28.9. The van der Waals surface area contributed by atoms with Crippen molar-refractivity contribution >= 4 is 23.0 Å². The minimum Gasteiger partial charge on any atom is -0.480 e. The Bertz CT molecular complexity index is 2180. The first-order valence-electron chi connectivity index (χ1n) is 16.9. The number of ether oxygens (including phenoxy) is 1. The molecule has 4 aromatic carbocycles. The molecular weight excluding hydrogens is 583 g/mol. The summed E-state index contributed by atoms with van der Waals surface area (Å²) in [4.78, 5) is 2.45. The minimum atomic E-state index is -0.607. The Hall–Kier alpha value is -5.34. The highest BCUT2D eigenvalue weighted by molar-refractivity contribution is 5.89. The van der Waals surface area contributed by atoms with E-state index in [1.165, 1.54) is 50.1 Å². The van der Waals surface area contributed by atoms with Crippen LogP contribution in [0.3, 0.4) is 0 Å². The largest absolute Gasteiger partial charge is 0.480 e. The van der Waals surface area contributed by atoms with Crippen LogP contribution in [0.4, 0.5) is 11.4 Å². The number of para-hydroxylation sites is 1. The van der Waals surface area contributed by atoms with Crippen molar-refractivity contribution in [3.05, 3.63) is 185 Å². The van der Waals surface area contributed by atoms with Gasteiger partial charge in [-0.1, -0.05) is 136 Å². The molecule has 4 aromatic rings. The fraction of sp³-hybridized carbons (Fsp3) is 0.174. The van der Waals surface area contributed by atoms with Crippen molar-refractivity contribution in [2.45, 2.75) is 51.0 Å². The molecule has 4 aliphatic rings. The third-order valence-electron chi connectivity index (χ3n) is 10.8. The third kappa shape index (κ3) is 4.47. The van der Waals surface area contributed by atoms with Gasteiger partial charge in [0.1, 0.15) is 5.75 Å². The standard InChI is InChI=1S/C46H41NO/c1-7-8-17-34-31(3)42(27-26-35(34)32-16-13-15-30(2)28-32)47(44-23-14-21-40-38-19-10-12-22-43(38)48-46(40,44)6)33-24-25-37-36-18-9-11-20-39(36)45(4,5)41(37)29-33/h7-14,16-29,40H,1-2,15H2,3-6H3/b17-8-. The lowest BCUT2D eigenvalue weighted by Gasteiger charge is -2.42. The average molecular weight is 624 g/mol. The summed E-state index contributed by atoms with van der Waals surface area (Å²) in [6.45, 7) is 17.4. The van der Waals surface area contributed by atoms with Crippen molar-refractivity contribution in [1.29, 1.82) is 0 Å². The molecule has 2 unspecified atom stereocenters. The average Bonchev–Trinajstić information content (AvgIpc) is 3.52. The fourth-order valence-corrected chi connectivity index (χ4v) is 8.30. The predicted molar refractivity (Wildman–Crippen MR) is 203 cm³/mol. The van der Waals surface area contributed by atoms with Crippen molar-refractivity contribution in [2.75, 3.05) is 4.90 Å². The predicted octanol–water partition coefficient (Wildman–Crippen LogP) is 11.9. The van der Waals surface area contributed by atoms with Gasteiger partial charge in [-0.2, -0.15) is 0 Å². The molecule has 0 N–H and O–H groups in total. The topological polar surface area (TPSA) is 12.5 Å². The SMILES string of the molecule is C=C/C=C\c1c(C2=CC(=C)CC=C2)ccc(N(C2=CC=CC3c4ccccc4OC23C)c2ccc3c(c2)C(C)(C)c2ccccc2-3)c1C. The molecule has 3 aliphatic carbocycles. The fourth-order valence-electron chi connectivity index (χ4n) is 8.30. The van der Waals surface area contributed by atoms with Crippen LogP contribution in [-0.2, 0) is 5.41 Å². The zero-order chi connectivity index (χ0) is 33.2. The zero-order valence-electron chi connectivity index (χ0n) is 28.3. The molecule has 236 valence electrons. The van der Waals surface area contributed by atoms with Gasteiger partial charge in [-0.05, 0) is 95.1 Å². The normalized spacial score (nSPS) is 21.2. The van der Waals surface area contributed by atoms with Gasteiger partial charge in [-0.15, -0.1) is 0 Å². The van der Waals surface area contributed by atoms with Gasteiger partial charge >= 0.3 is 0 Å². The number of nitrogens with zero attached hydrogens (tertiary/aromatic N) is 1. The molecule has 0 fully saturated rings. The van der Waals surface area contributed by atoms with Crippen molar-refractivity contribution in [3.63, 3.8) is 0 Å². The first-order valence-corrected chi connectivity index (χ1v) is 16.9. The quantitative estimate of drug-likeness (QED) is 0.198. The number of hydrogen-bond donors (Lipinski definition) is 0. The molecule has 0 spiro atoms. The Morgan fingerprint density at radius 1 is 0.896 bits per heavy atom. The Morgan fingerprint density at radius 2 is 1.67 bits per heavy atom. The summed E-state index contributed by atoms with van der Waals surface area (Å²) >= 11 is 0. The molecule has 1 heterocycles. The maximum Gasteiger partial charge on any atom is 0.157 e. The molecule has 0 bridgehead atoms. The van der Waals surface area contributed by atoms with E-state index in [2.05, 4.69) is 167 Å². The molecule has 2 atom stereocenters. The second kappa shape index (κ2) is 11.1. The molecule has 8 rings (SSSR count). The van der Waals surface area contributed by atoms with Gasteiger partial charge in [-0.3, -0.25) is 0 Å². The number of anilines is 2. The van der Waals surface area contributed by atoms with Crippen LogP contribution in [0.2, 0.25) is 0 Å². The number of hydrogen-bond acceptors (Lipinski definition) is 2. The van der Waals surface area contributed by atoms with Gasteiger partial charge in [0.2, 0.25) is 0 Å². The summed E-state index contributed by atoms with van der Waals surface area (Å²) in [7, 11) is 0. The van der Waals surface area contributed by atoms with E-state index in [9.17, 15) is 0 Å². The summed E-state index contributed by atoms with van der Waals surface area (Å²) < 4.78 is 6.97. The molecule has 48 heavy (non-hydrogen) atoms. The van der Waals surface area contributed by atoms with Crippen LogP contribution < -0.4 is 9.64 Å². The Labute approximate surface area is 285 Å². The Kier molecular flexibility index (Phi) is 6.96. The van der Waals surface area contributed by atoms with Gasteiger partial charge in [-0.25, -0.2) is 0 Å². The number of rotatable bonds is 6. The number of benzene rings is 4. The van der Waals surface area contributed by atoms with E-state index in [1.54, 1.807) is 0 Å². The number of fused-ring (bicyclic) bond motifs is 6. The Balaban J connectivity index is 1.36. The van der Waals surface area contributed by atoms with E-state index in [0.717, 1.165) is 34.8 Å². The van der Waals surface area contributed by atoms with Gasteiger partial charge in [0, 0.05) is 22.4 Å². The van der Waals surface area contributed by atoms with E-state index in [0.29, 0.717) is 0 Å². The summed E-state index contributed by atoms with van der Waals surface area (Å²) in [5, 5.41) is 0. The molecule has 0 aromatic heterocycles. The lowest BCUT2D eigenvalue weighted by Crippen LogP contribution is -2.44. The van der Waals surface area contributed by atoms with E-state index < -0.39 is 5.60 Å². The van der Waals surface area contributed by atoms with Gasteiger partial charge < -0.3 is 9.64 Å². The van der Waals surface area contributed by atoms with E-state index in [4.69, 9.17) is 4.74 Å². The molecule has 2 nitrogen and oxygen atoms in total. The van der Waals surface area contributed by atoms with Gasteiger partial charge in [0.25, 0.3) is 0 Å². The summed E-state index contributed by atoms with van der Waals surface area (Å²) in [6.07, 6.45) is 20.3. The monoisotopic (exact) mass is 623 g/mol. The molecule has 1 aliphatic heterocycles. The molecular formula is C46H41NO. The molecule has 0 saturated carbocycles. The maximum atomic E-state index is 6.97. The lowest BCUT2D eigenvalue weighted by atomic mass is 9.78. The van der Waals surface area contributed by atoms with Gasteiger partial charge in [0.15, 0.2) is 5.60 Å². The van der Waals surface area contributed by atoms with Crippen molar-refractivity contribution in [1.82, 2.24) is 0 Å². The van der Waals surface area contributed by atoms with Crippen LogP contribution in [0.25, 0.3) is 22.8 Å². The first kappa shape index (κ1) is 30.0. The molecule has 0 amide bonds. The van der Waals surface area contributed by atoms with Crippen LogP contribution >= 0.6 is 0 Å². The lowest BCUT2D eigenvalue weighted by molar-refractivity contribution is 0.139. The number of allylic oxidation sites excluding steroid dienone is 9. The minimum absolute atomic E-state index is 0.0922. The maximum absolute atomic E-state index is 6.97. The second-order valence-electron chi connectivity index (χ2n) is 14.0. The second-order valence-corrected chi connectivity index (χ2v) is 14.0.